The highest BCUT2D eigenvalue weighted by atomic mass is 32.2. The van der Waals surface area contributed by atoms with Crippen molar-refractivity contribution in [3.05, 3.63) is 54.3 Å². The smallest absolute Gasteiger partial charge is 0.227 e. The van der Waals surface area contributed by atoms with Gasteiger partial charge in [-0.2, -0.15) is 0 Å². The van der Waals surface area contributed by atoms with E-state index >= 15 is 0 Å². The number of nitrogens with one attached hydrogen (secondary N) is 1. The van der Waals surface area contributed by atoms with E-state index in [1.165, 1.54) is 24.3 Å². The van der Waals surface area contributed by atoms with Crippen molar-refractivity contribution < 1.29 is 14.0 Å². The molecule has 0 aliphatic carbocycles. The van der Waals surface area contributed by atoms with Crippen LogP contribution >= 0.6 is 11.8 Å². The fraction of sp³-hybridized carbons (Fsp3) is 0.263. The number of amides is 2. The number of halogens is 1. The van der Waals surface area contributed by atoms with Crippen molar-refractivity contribution in [3.8, 4) is 0 Å². The van der Waals surface area contributed by atoms with E-state index in [9.17, 15) is 14.0 Å². The Labute approximate surface area is 150 Å². The number of para-hydroxylation sites is 1. The van der Waals surface area contributed by atoms with Gasteiger partial charge in [-0.1, -0.05) is 19.1 Å². The third kappa shape index (κ3) is 4.39. The number of anilines is 2. The Morgan fingerprint density at radius 3 is 2.64 bits per heavy atom. The molecule has 0 bridgehead atoms. The Hall–Kier alpha value is -2.34. The van der Waals surface area contributed by atoms with Crippen LogP contribution in [0.5, 0.6) is 0 Å². The highest BCUT2D eigenvalue weighted by Gasteiger charge is 2.26. The van der Waals surface area contributed by atoms with Gasteiger partial charge in [-0.15, -0.1) is 11.8 Å². The van der Waals surface area contributed by atoms with Gasteiger partial charge < -0.3 is 10.2 Å². The molecule has 1 N–H and O–H groups in total. The Balaban J connectivity index is 1.59. The second-order valence-electron chi connectivity index (χ2n) is 5.96. The summed E-state index contributed by atoms with van der Waals surface area (Å²) in [5.41, 5.74) is 1.43. The molecule has 0 aromatic heterocycles. The molecule has 1 aliphatic rings. The van der Waals surface area contributed by atoms with Crippen LogP contribution in [0.3, 0.4) is 0 Å². The maximum Gasteiger partial charge on any atom is 0.227 e. The summed E-state index contributed by atoms with van der Waals surface area (Å²) in [6, 6.07) is 13.4. The molecule has 0 fully saturated rings. The number of carbonyl (C=O) groups is 2. The molecule has 1 atom stereocenters. The average molecular weight is 358 g/mol. The summed E-state index contributed by atoms with van der Waals surface area (Å²) < 4.78 is 12.9. The molecule has 2 aromatic rings. The van der Waals surface area contributed by atoms with E-state index in [1.54, 1.807) is 16.7 Å². The lowest BCUT2D eigenvalue weighted by Crippen LogP contribution is -2.38. The van der Waals surface area contributed by atoms with E-state index < -0.39 is 0 Å². The number of hydrogen-bond donors (Lipinski definition) is 1. The van der Waals surface area contributed by atoms with Crippen molar-refractivity contribution in [1.29, 1.82) is 0 Å². The molecule has 0 radical (unpaired) electrons. The third-order valence-corrected chi connectivity index (χ3v) is 5.07. The van der Waals surface area contributed by atoms with E-state index in [4.69, 9.17) is 0 Å². The van der Waals surface area contributed by atoms with Gasteiger partial charge >= 0.3 is 0 Å². The molecule has 2 aromatic carbocycles. The quantitative estimate of drug-likeness (QED) is 0.896. The first-order valence-electron chi connectivity index (χ1n) is 8.14. The van der Waals surface area contributed by atoms with Crippen molar-refractivity contribution in [1.82, 2.24) is 0 Å². The standard InChI is InChI=1S/C19H19FN2O2S/c1-13-12-22(16-4-2-3-5-17(16)25-13)19(24)11-10-18(23)21-15-8-6-14(20)7-9-15/h2-9,13H,10-12H2,1H3,(H,21,23)/t13-/m0/s1. The number of fused-ring (bicyclic) bond motifs is 1. The molecule has 0 spiro atoms. The van der Waals surface area contributed by atoms with Crippen LogP contribution in [0.1, 0.15) is 19.8 Å². The number of thioether (sulfide) groups is 1. The molecule has 1 heterocycles. The zero-order chi connectivity index (χ0) is 17.8. The second kappa shape index (κ2) is 7.70. The zero-order valence-corrected chi connectivity index (χ0v) is 14.7. The van der Waals surface area contributed by atoms with E-state index in [0.717, 1.165) is 10.6 Å². The van der Waals surface area contributed by atoms with Crippen molar-refractivity contribution in [3.63, 3.8) is 0 Å². The Kier molecular flexibility index (Phi) is 5.38. The third-order valence-electron chi connectivity index (χ3n) is 3.92. The summed E-state index contributed by atoms with van der Waals surface area (Å²) in [5.74, 6) is -0.675. The molecule has 1 aliphatic heterocycles. The molecule has 4 nitrogen and oxygen atoms in total. The fourth-order valence-electron chi connectivity index (χ4n) is 2.74. The number of nitrogens with zero attached hydrogens (tertiary/aromatic N) is 1. The summed E-state index contributed by atoms with van der Waals surface area (Å²) in [5, 5.41) is 2.99. The molecule has 0 saturated heterocycles. The van der Waals surface area contributed by atoms with Crippen LogP contribution in [-0.2, 0) is 9.59 Å². The van der Waals surface area contributed by atoms with Crippen molar-refractivity contribution in [2.24, 2.45) is 0 Å². The van der Waals surface area contributed by atoms with Crippen LogP contribution in [0.25, 0.3) is 0 Å². The number of rotatable bonds is 4. The molecule has 130 valence electrons. The summed E-state index contributed by atoms with van der Waals surface area (Å²) in [6.45, 7) is 2.72. The summed E-state index contributed by atoms with van der Waals surface area (Å²) in [7, 11) is 0. The van der Waals surface area contributed by atoms with E-state index in [1.807, 2.05) is 24.3 Å². The van der Waals surface area contributed by atoms with Gasteiger partial charge in [0.05, 0.1) is 5.69 Å². The molecule has 2 amide bonds. The summed E-state index contributed by atoms with van der Waals surface area (Å²) in [6.07, 6.45) is 0.231. The molecule has 6 heteroatoms. The van der Waals surface area contributed by atoms with Crippen LogP contribution in [0.4, 0.5) is 15.8 Å². The summed E-state index contributed by atoms with van der Waals surface area (Å²) >= 11 is 1.76. The zero-order valence-electron chi connectivity index (χ0n) is 13.9. The minimum atomic E-state index is -0.357. The fourth-order valence-corrected chi connectivity index (χ4v) is 3.85. The van der Waals surface area contributed by atoms with Crippen molar-refractivity contribution >= 4 is 35.0 Å². The maximum absolute atomic E-state index is 12.9. The largest absolute Gasteiger partial charge is 0.326 e. The monoisotopic (exact) mass is 358 g/mol. The lowest BCUT2D eigenvalue weighted by Gasteiger charge is -2.32. The minimum Gasteiger partial charge on any atom is -0.326 e. The van der Waals surface area contributed by atoms with Crippen LogP contribution < -0.4 is 10.2 Å². The van der Waals surface area contributed by atoms with Crippen LogP contribution in [-0.4, -0.2) is 23.6 Å². The lowest BCUT2D eigenvalue weighted by molar-refractivity contribution is -0.122. The highest BCUT2D eigenvalue weighted by Crippen LogP contribution is 2.38. The van der Waals surface area contributed by atoms with E-state index in [-0.39, 0.29) is 30.5 Å². The van der Waals surface area contributed by atoms with Crippen molar-refractivity contribution in [2.75, 3.05) is 16.8 Å². The Morgan fingerprint density at radius 1 is 1.16 bits per heavy atom. The SMILES string of the molecule is C[C@H]1CN(C(=O)CCC(=O)Nc2ccc(F)cc2)c2ccccc2S1. The van der Waals surface area contributed by atoms with Crippen LogP contribution in [0, 0.1) is 5.82 Å². The number of benzene rings is 2. The minimum absolute atomic E-state index is 0.0612. The van der Waals surface area contributed by atoms with Crippen LogP contribution in [0.2, 0.25) is 0 Å². The van der Waals surface area contributed by atoms with Crippen molar-refractivity contribution in [2.45, 2.75) is 29.9 Å². The Bertz CT molecular complexity index is 779. The molecule has 0 unspecified atom stereocenters. The van der Waals surface area contributed by atoms with Gasteiger partial charge in [0.15, 0.2) is 0 Å². The number of carbonyl (C=O) groups excluding carboxylic acids is 2. The Morgan fingerprint density at radius 2 is 1.88 bits per heavy atom. The molecular weight excluding hydrogens is 339 g/mol. The van der Waals surface area contributed by atoms with Gasteiger partial charge in [0.25, 0.3) is 0 Å². The normalized spacial score (nSPS) is 16.2. The predicted molar refractivity (Wildman–Crippen MR) is 98.4 cm³/mol. The first-order chi connectivity index (χ1) is 12.0. The van der Waals surface area contributed by atoms with Crippen LogP contribution in [0.15, 0.2) is 53.4 Å². The lowest BCUT2D eigenvalue weighted by atomic mass is 10.2. The van der Waals surface area contributed by atoms with E-state index in [0.29, 0.717) is 17.5 Å². The van der Waals surface area contributed by atoms with Gasteiger partial charge in [0.1, 0.15) is 5.82 Å². The van der Waals surface area contributed by atoms with Gasteiger partial charge in [-0.3, -0.25) is 9.59 Å². The first kappa shape index (κ1) is 17.5. The first-order valence-corrected chi connectivity index (χ1v) is 9.02. The highest BCUT2D eigenvalue weighted by molar-refractivity contribution is 8.00. The molecule has 25 heavy (non-hydrogen) atoms. The predicted octanol–water partition coefficient (Wildman–Crippen LogP) is 4.07. The number of hydrogen-bond acceptors (Lipinski definition) is 3. The van der Waals surface area contributed by atoms with Gasteiger partial charge in [-0.05, 0) is 36.4 Å². The molecular formula is C19H19FN2O2S. The second-order valence-corrected chi connectivity index (χ2v) is 7.44. The van der Waals surface area contributed by atoms with E-state index in [2.05, 4.69) is 12.2 Å². The summed E-state index contributed by atoms with van der Waals surface area (Å²) in [4.78, 5) is 27.5. The molecule has 0 saturated carbocycles. The maximum atomic E-state index is 12.9. The van der Waals surface area contributed by atoms with Gasteiger partial charge in [-0.25, -0.2) is 4.39 Å². The molecule has 3 rings (SSSR count). The van der Waals surface area contributed by atoms with Gasteiger partial charge in [0, 0.05) is 35.2 Å². The van der Waals surface area contributed by atoms with Gasteiger partial charge in [0.2, 0.25) is 11.8 Å². The topological polar surface area (TPSA) is 49.4 Å². The average Bonchev–Trinajstić information content (AvgIpc) is 2.61.